The quantitative estimate of drug-likeness (QED) is 0.777. The number of aryl methyl sites for hydroxylation is 1. The van der Waals surface area contributed by atoms with Crippen LogP contribution in [0.15, 0.2) is 10.8 Å². The maximum absolute atomic E-state index is 11.3. The minimum Gasteiger partial charge on any atom is -0.362 e. The Balaban J connectivity index is 2.50. The molecule has 0 unspecified atom stereocenters. The molecule has 0 radical (unpaired) electrons. The van der Waals surface area contributed by atoms with Crippen molar-refractivity contribution >= 4 is 11.7 Å². The van der Waals surface area contributed by atoms with E-state index < -0.39 is 0 Å². The first kappa shape index (κ1) is 9.77. The fraction of sp³-hybridized carbons (Fsp3) is 0.556. The number of carbonyl (C=O) groups excluding carboxylic acids is 1. The van der Waals surface area contributed by atoms with Crippen LogP contribution in [0, 0.1) is 12.8 Å². The van der Waals surface area contributed by atoms with Gasteiger partial charge in [-0.15, -0.1) is 0 Å². The van der Waals surface area contributed by atoms with E-state index in [1.165, 1.54) is 6.26 Å². The zero-order chi connectivity index (χ0) is 9.84. The van der Waals surface area contributed by atoms with E-state index in [1.54, 1.807) is 0 Å². The van der Waals surface area contributed by atoms with E-state index in [1.807, 2.05) is 20.8 Å². The van der Waals surface area contributed by atoms with Crippen molar-refractivity contribution in [1.82, 2.24) is 5.16 Å². The molecule has 0 aliphatic carbocycles. The molecular formula is C9H14N2O2. The van der Waals surface area contributed by atoms with Crippen molar-refractivity contribution in [2.75, 3.05) is 5.32 Å². The van der Waals surface area contributed by atoms with Gasteiger partial charge in [0.2, 0.25) is 5.91 Å². The molecule has 72 valence electrons. The van der Waals surface area contributed by atoms with Gasteiger partial charge in [-0.1, -0.05) is 19.0 Å². The average molecular weight is 182 g/mol. The first-order valence-electron chi connectivity index (χ1n) is 4.30. The second kappa shape index (κ2) is 4.07. The maximum atomic E-state index is 11.3. The number of carbonyl (C=O) groups is 1. The van der Waals surface area contributed by atoms with E-state index in [4.69, 9.17) is 0 Å². The van der Waals surface area contributed by atoms with Gasteiger partial charge in [-0.25, -0.2) is 0 Å². The third kappa shape index (κ3) is 2.89. The summed E-state index contributed by atoms with van der Waals surface area (Å²) in [6.07, 6.45) is 2.01. The summed E-state index contributed by atoms with van der Waals surface area (Å²) in [4.78, 5) is 11.3. The molecule has 13 heavy (non-hydrogen) atoms. The number of aromatic nitrogens is 1. The van der Waals surface area contributed by atoms with Crippen LogP contribution in [0.3, 0.4) is 0 Å². The Morgan fingerprint density at radius 3 is 2.85 bits per heavy atom. The topological polar surface area (TPSA) is 55.1 Å². The molecule has 0 atom stereocenters. The molecule has 0 fully saturated rings. The number of anilines is 1. The summed E-state index contributed by atoms with van der Waals surface area (Å²) in [5, 5.41) is 6.33. The summed E-state index contributed by atoms with van der Waals surface area (Å²) in [6, 6.07) is 0. The smallest absolute Gasteiger partial charge is 0.225 e. The number of hydrogen-bond donors (Lipinski definition) is 1. The third-order valence-electron chi connectivity index (χ3n) is 1.60. The van der Waals surface area contributed by atoms with Crippen LogP contribution >= 0.6 is 0 Å². The van der Waals surface area contributed by atoms with Gasteiger partial charge in [0.1, 0.15) is 6.26 Å². The molecule has 1 aromatic heterocycles. The third-order valence-corrected chi connectivity index (χ3v) is 1.60. The zero-order valence-corrected chi connectivity index (χ0v) is 8.13. The van der Waals surface area contributed by atoms with E-state index in [0.29, 0.717) is 18.2 Å². The number of nitrogens with one attached hydrogen (secondary N) is 1. The minimum atomic E-state index is -0.0213. The molecule has 0 saturated carbocycles. The van der Waals surface area contributed by atoms with Gasteiger partial charge in [0.25, 0.3) is 0 Å². The average Bonchev–Trinajstić information content (AvgIpc) is 2.34. The fourth-order valence-corrected chi connectivity index (χ4v) is 0.961. The van der Waals surface area contributed by atoms with Crippen LogP contribution in [0.4, 0.5) is 5.82 Å². The molecule has 4 heteroatoms. The lowest BCUT2D eigenvalue weighted by atomic mass is 10.1. The largest absolute Gasteiger partial charge is 0.362 e. The highest BCUT2D eigenvalue weighted by atomic mass is 16.5. The van der Waals surface area contributed by atoms with Crippen molar-refractivity contribution in [2.45, 2.75) is 27.2 Å². The molecule has 1 amide bonds. The van der Waals surface area contributed by atoms with E-state index in [9.17, 15) is 4.79 Å². The number of nitrogens with zero attached hydrogens (tertiary/aromatic N) is 1. The lowest BCUT2D eigenvalue weighted by Crippen LogP contribution is -2.14. The summed E-state index contributed by atoms with van der Waals surface area (Å²) in [7, 11) is 0. The van der Waals surface area contributed by atoms with Crippen molar-refractivity contribution in [3.05, 3.63) is 11.8 Å². The number of rotatable bonds is 3. The van der Waals surface area contributed by atoms with Crippen LogP contribution in [0.5, 0.6) is 0 Å². The van der Waals surface area contributed by atoms with Gasteiger partial charge in [-0.05, 0) is 12.8 Å². The Labute approximate surface area is 77.3 Å². The first-order chi connectivity index (χ1) is 6.09. The molecule has 4 nitrogen and oxygen atoms in total. The Bertz CT molecular complexity index is 292. The molecule has 0 aliphatic rings. The molecule has 1 aromatic rings. The van der Waals surface area contributed by atoms with Gasteiger partial charge in [-0.2, -0.15) is 0 Å². The van der Waals surface area contributed by atoms with Gasteiger partial charge in [0.15, 0.2) is 5.82 Å². The van der Waals surface area contributed by atoms with E-state index in [-0.39, 0.29) is 5.91 Å². The predicted octanol–water partition coefficient (Wildman–Crippen LogP) is 1.97. The van der Waals surface area contributed by atoms with Crippen LogP contribution in [-0.2, 0) is 4.79 Å². The van der Waals surface area contributed by atoms with E-state index >= 15 is 0 Å². The second-order valence-corrected chi connectivity index (χ2v) is 3.49. The Morgan fingerprint density at radius 1 is 1.69 bits per heavy atom. The minimum absolute atomic E-state index is 0.0213. The van der Waals surface area contributed by atoms with Gasteiger partial charge >= 0.3 is 0 Å². The highest BCUT2D eigenvalue weighted by Gasteiger charge is 2.09. The van der Waals surface area contributed by atoms with Crippen molar-refractivity contribution in [3.63, 3.8) is 0 Å². The monoisotopic (exact) mass is 182 g/mol. The van der Waals surface area contributed by atoms with Crippen molar-refractivity contribution in [2.24, 2.45) is 5.92 Å². The van der Waals surface area contributed by atoms with Crippen LogP contribution < -0.4 is 5.32 Å². The van der Waals surface area contributed by atoms with Gasteiger partial charge < -0.3 is 9.84 Å². The normalized spacial score (nSPS) is 10.5. The van der Waals surface area contributed by atoms with Gasteiger partial charge in [0, 0.05) is 12.0 Å². The molecule has 0 aliphatic heterocycles. The van der Waals surface area contributed by atoms with E-state index in [2.05, 4.69) is 15.0 Å². The van der Waals surface area contributed by atoms with Crippen molar-refractivity contribution in [3.8, 4) is 0 Å². The standard InChI is InChI=1S/C9H14N2O2/c1-6(2)4-8(12)10-9-7(3)5-13-11-9/h5-6H,4H2,1-3H3,(H,10,11,12). The first-order valence-corrected chi connectivity index (χ1v) is 4.30. The van der Waals surface area contributed by atoms with Crippen molar-refractivity contribution < 1.29 is 9.32 Å². The highest BCUT2D eigenvalue weighted by Crippen LogP contribution is 2.11. The summed E-state index contributed by atoms with van der Waals surface area (Å²) < 4.78 is 4.69. The summed E-state index contributed by atoms with van der Waals surface area (Å²) in [5.41, 5.74) is 0.845. The maximum Gasteiger partial charge on any atom is 0.225 e. The predicted molar refractivity (Wildman–Crippen MR) is 49.3 cm³/mol. The van der Waals surface area contributed by atoms with Crippen LogP contribution in [0.2, 0.25) is 0 Å². The number of amides is 1. The van der Waals surface area contributed by atoms with Crippen LogP contribution in [0.1, 0.15) is 25.8 Å². The molecule has 1 heterocycles. The Morgan fingerprint density at radius 2 is 2.38 bits per heavy atom. The lowest BCUT2D eigenvalue weighted by Gasteiger charge is -2.03. The zero-order valence-electron chi connectivity index (χ0n) is 8.13. The summed E-state index contributed by atoms with van der Waals surface area (Å²) in [5.74, 6) is 0.852. The fourth-order valence-electron chi connectivity index (χ4n) is 0.961. The van der Waals surface area contributed by atoms with Crippen LogP contribution in [-0.4, -0.2) is 11.1 Å². The molecular weight excluding hydrogens is 168 g/mol. The van der Waals surface area contributed by atoms with Gasteiger partial charge in [0.05, 0.1) is 0 Å². The molecule has 1 rings (SSSR count). The highest BCUT2D eigenvalue weighted by molar-refractivity contribution is 5.90. The van der Waals surface area contributed by atoms with Crippen molar-refractivity contribution in [1.29, 1.82) is 0 Å². The Kier molecular flexibility index (Phi) is 3.06. The summed E-state index contributed by atoms with van der Waals surface area (Å²) in [6.45, 7) is 5.83. The van der Waals surface area contributed by atoms with E-state index in [0.717, 1.165) is 5.56 Å². The SMILES string of the molecule is Cc1conc1NC(=O)CC(C)C. The molecule has 0 saturated heterocycles. The second-order valence-electron chi connectivity index (χ2n) is 3.49. The van der Waals surface area contributed by atoms with Gasteiger partial charge in [-0.3, -0.25) is 4.79 Å². The summed E-state index contributed by atoms with van der Waals surface area (Å²) >= 11 is 0. The number of hydrogen-bond acceptors (Lipinski definition) is 3. The molecule has 0 aromatic carbocycles. The Hall–Kier alpha value is -1.32. The molecule has 0 bridgehead atoms. The lowest BCUT2D eigenvalue weighted by molar-refractivity contribution is -0.116. The van der Waals surface area contributed by atoms with Crippen LogP contribution in [0.25, 0.3) is 0 Å². The molecule has 1 N–H and O–H groups in total. The molecule has 0 spiro atoms.